The van der Waals surface area contributed by atoms with Crippen molar-refractivity contribution in [3.63, 3.8) is 0 Å². The van der Waals surface area contributed by atoms with Crippen LogP contribution in [0, 0.1) is 0 Å². The van der Waals surface area contributed by atoms with E-state index in [1.807, 2.05) is 11.4 Å². The largest absolute Gasteiger partial charge is 0.492 e. The normalized spacial score (nSPS) is 12.8. The molecule has 0 aliphatic heterocycles. The summed E-state index contributed by atoms with van der Waals surface area (Å²) in [6.45, 7) is 5.20. The maximum atomic E-state index is 13.5. The van der Waals surface area contributed by atoms with Crippen molar-refractivity contribution in [1.82, 2.24) is 0 Å². The molecule has 29 heavy (non-hydrogen) atoms. The molecule has 0 radical (unpaired) electrons. The number of ketones is 2. The van der Waals surface area contributed by atoms with Gasteiger partial charge < -0.3 is 9.47 Å². The Morgan fingerprint density at radius 3 is 1.93 bits per heavy atom. The summed E-state index contributed by atoms with van der Waals surface area (Å²) in [7, 11) is 0. The van der Waals surface area contributed by atoms with Crippen LogP contribution in [0.25, 0.3) is 10.1 Å². The highest BCUT2D eigenvalue weighted by Gasteiger charge is 2.37. The van der Waals surface area contributed by atoms with Crippen molar-refractivity contribution in [3.8, 4) is 11.5 Å². The van der Waals surface area contributed by atoms with E-state index < -0.39 is 0 Å². The number of rotatable bonds is 8. The van der Waals surface area contributed by atoms with Gasteiger partial charge in [-0.15, -0.1) is 11.3 Å². The zero-order valence-electron chi connectivity index (χ0n) is 16.7. The van der Waals surface area contributed by atoms with Crippen LogP contribution < -0.4 is 9.47 Å². The predicted octanol–water partition coefficient (Wildman–Crippen LogP) is 6.03. The van der Waals surface area contributed by atoms with Crippen LogP contribution in [0.4, 0.5) is 0 Å². The minimum Gasteiger partial charge on any atom is -0.492 e. The number of carbonyl (C=O) groups excluding carboxylic acids is 2. The summed E-state index contributed by atoms with van der Waals surface area (Å²) in [4.78, 5) is 26.9. The second kappa shape index (κ2) is 8.37. The first-order valence-corrected chi connectivity index (χ1v) is 11.1. The molecule has 0 atom stereocenters. The lowest BCUT2D eigenvalue weighted by Crippen LogP contribution is -2.23. The van der Waals surface area contributed by atoms with Crippen LogP contribution in [-0.2, 0) is 0 Å². The first-order valence-electron chi connectivity index (χ1n) is 10.2. The Labute approximate surface area is 174 Å². The van der Waals surface area contributed by atoms with E-state index in [1.165, 1.54) is 11.3 Å². The molecule has 1 aliphatic carbocycles. The Hall–Kier alpha value is -2.66. The van der Waals surface area contributed by atoms with E-state index >= 15 is 0 Å². The van der Waals surface area contributed by atoms with Crippen molar-refractivity contribution in [1.29, 1.82) is 0 Å². The minimum atomic E-state index is -0.171. The molecule has 0 N–H and O–H groups in total. The van der Waals surface area contributed by atoms with E-state index in [0.717, 1.165) is 35.8 Å². The average Bonchev–Trinajstić information content (AvgIpc) is 3.23. The van der Waals surface area contributed by atoms with Crippen molar-refractivity contribution in [2.75, 3.05) is 13.2 Å². The van der Waals surface area contributed by atoms with Gasteiger partial charge in [0.05, 0.1) is 29.0 Å². The summed E-state index contributed by atoms with van der Waals surface area (Å²) in [5.74, 6) is 0.696. The Kier molecular flexibility index (Phi) is 5.67. The SMILES string of the molecule is CCCCOc1c2c(c(OCCCC)c3sccc13)C(=O)c1ccccc1C2=O. The third-order valence-electron chi connectivity index (χ3n) is 5.18. The van der Waals surface area contributed by atoms with E-state index in [-0.39, 0.29) is 11.6 Å². The smallest absolute Gasteiger partial charge is 0.198 e. The van der Waals surface area contributed by atoms with Gasteiger partial charge in [0.2, 0.25) is 0 Å². The first-order chi connectivity index (χ1) is 14.2. The van der Waals surface area contributed by atoms with Gasteiger partial charge in [-0.05, 0) is 24.3 Å². The number of fused-ring (bicyclic) bond motifs is 3. The molecule has 0 saturated carbocycles. The van der Waals surface area contributed by atoms with E-state index in [4.69, 9.17) is 9.47 Å². The van der Waals surface area contributed by atoms with Crippen LogP contribution in [0.3, 0.4) is 0 Å². The molecule has 0 unspecified atom stereocenters. The number of carbonyl (C=O) groups is 2. The van der Waals surface area contributed by atoms with Gasteiger partial charge in [0, 0.05) is 16.5 Å². The molecule has 150 valence electrons. The summed E-state index contributed by atoms with van der Waals surface area (Å²) >= 11 is 1.51. The molecule has 5 heteroatoms. The summed E-state index contributed by atoms with van der Waals surface area (Å²) in [6.07, 6.45) is 3.75. The Balaban J connectivity index is 1.97. The summed E-state index contributed by atoms with van der Waals surface area (Å²) < 4.78 is 13.1. The lowest BCUT2D eigenvalue weighted by molar-refractivity contribution is 0.0972. The molecule has 0 fully saturated rings. The maximum absolute atomic E-state index is 13.5. The van der Waals surface area contributed by atoms with Crippen LogP contribution in [0.1, 0.15) is 71.4 Å². The van der Waals surface area contributed by atoms with Crippen LogP contribution in [-0.4, -0.2) is 24.8 Å². The molecule has 4 nitrogen and oxygen atoms in total. The fourth-order valence-electron chi connectivity index (χ4n) is 3.65. The fraction of sp³-hybridized carbons (Fsp3) is 0.333. The average molecular weight is 409 g/mol. The number of hydrogen-bond acceptors (Lipinski definition) is 5. The number of unbranched alkanes of at least 4 members (excludes halogenated alkanes) is 2. The molecule has 4 rings (SSSR count). The van der Waals surface area contributed by atoms with Gasteiger partial charge in [-0.2, -0.15) is 0 Å². The number of thiophene rings is 1. The molecule has 3 aromatic rings. The molecular formula is C24H24O4S. The minimum absolute atomic E-state index is 0.169. The van der Waals surface area contributed by atoms with Gasteiger partial charge >= 0.3 is 0 Å². The number of hydrogen-bond donors (Lipinski definition) is 0. The van der Waals surface area contributed by atoms with Crippen molar-refractivity contribution in [2.45, 2.75) is 39.5 Å². The summed E-state index contributed by atoms with van der Waals surface area (Å²) in [5, 5.41) is 2.80. The third-order valence-corrected chi connectivity index (χ3v) is 6.09. The lowest BCUT2D eigenvalue weighted by Gasteiger charge is -2.24. The van der Waals surface area contributed by atoms with Gasteiger partial charge in [-0.1, -0.05) is 51.0 Å². The molecule has 1 heterocycles. The molecule has 0 amide bonds. The Bertz CT molecular complexity index is 997. The van der Waals surface area contributed by atoms with Crippen molar-refractivity contribution >= 4 is 33.0 Å². The first kappa shape index (κ1) is 19.6. The zero-order valence-corrected chi connectivity index (χ0v) is 17.6. The topological polar surface area (TPSA) is 52.6 Å². The molecule has 2 aromatic carbocycles. The quantitative estimate of drug-likeness (QED) is 0.334. The maximum Gasteiger partial charge on any atom is 0.198 e. The van der Waals surface area contributed by atoms with Crippen molar-refractivity contribution in [2.24, 2.45) is 0 Å². The standard InChI is InChI=1S/C24H24O4S/c1-3-5-12-27-22-17-11-14-29-24(17)23(28-13-6-4-2)19-18(22)20(25)15-9-7-8-10-16(15)21(19)26/h7-11,14H,3-6,12-13H2,1-2H3. The second-order valence-electron chi connectivity index (χ2n) is 7.18. The third kappa shape index (κ3) is 3.33. The van der Waals surface area contributed by atoms with Crippen molar-refractivity contribution in [3.05, 3.63) is 58.0 Å². The highest BCUT2D eigenvalue weighted by atomic mass is 32.1. The van der Waals surface area contributed by atoms with Gasteiger partial charge in [0.25, 0.3) is 0 Å². The van der Waals surface area contributed by atoms with Gasteiger partial charge in [0.1, 0.15) is 11.5 Å². The molecule has 0 saturated heterocycles. The zero-order chi connectivity index (χ0) is 20.4. The summed E-state index contributed by atoms with van der Waals surface area (Å²) in [5.41, 5.74) is 1.56. The Morgan fingerprint density at radius 1 is 0.793 bits per heavy atom. The van der Waals surface area contributed by atoms with Crippen molar-refractivity contribution < 1.29 is 19.1 Å². The molecule has 0 spiro atoms. The molecule has 1 aliphatic rings. The van der Waals surface area contributed by atoms with Crippen LogP contribution >= 0.6 is 11.3 Å². The number of ether oxygens (including phenoxy) is 2. The molecule has 1 aromatic heterocycles. The molecule has 0 bridgehead atoms. The summed E-state index contributed by atoms with van der Waals surface area (Å²) in [6, 6.07) is 8.95. The monoisotopic (exact) mass is 408 g/mol. The van der Waals surface area contributed by atoms with Crippen LogP contribution in [0.2, 0.25) is 0 Å². The molecular weight excluding hydrogens is 384 g/mol. The van der Waals surface area contributed by atoms with E-state index in [2.05, 4.69) is 13.8 Å². The second-order valence-corrected chi connectivity index (χ2v) is 8.10. The van der Waals surface area contributed by atoms with Gasteiger partial charge in [0.15, 0.2) is 11.6 Å². The fourth-order valence-corrected chi connectivity index (χ4v) is 4.54. The number of benzene rings is 2. The highest BCUT2D eigenvalue weighted by molar-refractivity contribution is 7.17. The highest BCUT2D eigenvalue weighted by Crippen LogP contribution is 2.47. The lowest BCUT2D eigenvalue weighted by atomic mass is 9.82. The van der Waals surface area contributed by atoms with Crippen LogP contribution in [0.15, 0.2) is 35.7 Å². The Morgan fingerprint density at radius 2 is 1.34 bits per heavy atom. The predicted molar refractivity (Wildman–Crippen MR) is 116 cm³/mol. The van der Waals surface area contributed by atoms with E-state index in [1.54, 1.807) is 24.3 Å². The van der Waals surface area contributed by atoms with Gasteiger partial charge in [-0.3, -0.25) is 9.59 Å². The van der Waals surface area contributed by atoms with E-state index in [0.29, 0.717) is 47.0 Å². The van der Waals surface area contributed by atoms with Gasteiger partial charge in [-0.25, -0.2) is 0 Å². The van der Waals surface area contributed by atoms with Crippen LogP contribution in [0.5, 0.6) is 11.5 Å². The van der Waals surface area contributed by atoms with E-state index in [9.17, 15) is 9.59 Å².